The van der Waals surface area contributed by atoms with Crippen molar-refractivity contribution in [1.29, 1.82) is 0 Å². The van der Waals surface area contributed by atoms with Gasteiger partial charge in [-0.25, -0.2) is 4.68 Å². The standard InChI is InChI=1S/C23H40N4/c1-4-6-8-9-10-11-12-14-15-20-17-22-23(25-26-27(22)18-24)19(3)21(20)16-13-7-5-2/h17H,4-16,18,24H2,1-3H3. The second kappa shape index (κ2) is 12.1. The summed E-state index contributed by atoms with van der Waals surface area (Å²) in [7, 11) is 0. The number of rotatable bonds is 14. The molecule has 0 saturated heterocycles. The molecule has 0 atom stereocenters. The first-order valence-corrected chi connectivity index (χ1v) is 11.3. The maximum Gasteiger partial charge on any atom is 0.116 e. The van der Waals surface area contributed by atoms with Crippen LogP contribution in [-0.4, -0.2) is 15.0 Å². The average molecular weight is 373 g/mol. The maximum absolute atomic E-state index is 5.85. The summed E-state index contributed by atoms with van der Waals surface area (Å²) in [6.45, 7) is 7.16. The Hall–Kier alpha value is -1.42. The number of aromatic nitrogens is 3. The van der Waals surface area contributed by atoms with E-state index in [1.165, 1.54) is 93.7 Å². The average Bonchev–Trinajstić information content (AvgIpc) is 3.09. The Balaban J connectivity index is 2.02. The van der Waals surface area contributed by atoms with Crippen LogP contribution in [0.5, 0.6) is 0 Å². The summed E-state index contributed by atoms with van der Waals surface area (Å²) in [6, 6.07) is 2.32. The molecule has 1 aromatic heterocycles. The Labute approximate surface area is 165 Å². The van der Waals surface area contributed by atoms with Crippen LogP contribution >= 0.6 is 0 Å². The number of fused-ring (bicyclic) bond motifs is 1. The number of aryl methyl sites for hydroxylation is 2. The second-order valence-corrected chi connectivity index (χ2v) is 7.96. The van der Waals surface area contributed by atoms with E-state index in [0.717, 1.165) is 17.5 Å². The molecule has 2 aromatic rings. The van der Waals surface area contributed by atoms with E-state index < -0.39 is 0 Å². The van der Waals surface area contributed by atoms with Crippen LogP contribution in [0.4, 0.5) is 0 Å². The molecule has 27 heavy (non-hydrogen) atoms. The molecule has 0 aliphatic heterocycles. The summed E-state index contributed by atoms with van der Waals surface area (Å²) in [4.78, 5) is 0. The van der Waals surface area contributed by atoms with Crippen LogP contribution in [0.3, 0.4) is 0 Å². The van der Waals surface area contributed by atoms with E-state index in [1.54, 1.807) is 0 Å². The van der Waals surface area contributed by atoms with Crippen molar-refractivity contribution in [1.82, 2.24) is 15.0 Å². The molecule has 0 aliphatic carbocycles. The molecule has 0 aliphatic rings. The van der Waals surface area contributed by atoms with Gasteiger partial charge >= 0.3 is 0 Å². The quantitative estimate of drug-likeness (QED) is 0.409. The Kier molecular flexibility index (Phi) is 9.82. The van der Waals surface area contributed by atoms with Crippen LogP contribution in [0.1, 0.15) is 101 Å². The van der Waals surface area contributed by atoms with Crippen molar-refractivity contribution < 1.29 is 0 Å². The van der Waals surface area contributed by atoms with Gasteiger partial charge in [0.2, 0.25) is 0 Å². The Morgan fingerprint density at radius 3 is 2.11 bits per heavy atom. The minimum atomic E-state index is 0.391. The van der Waals surface area contributed by atoms with Gasteiger partial charge in [0.1, 0.15) is 5.52 Å². The van der Waals surface area contributed by atoms with Gasteiger partial charge in [0.15, 0.2) is 0 Å². The fourth-order valence-electron chi connectivity index (χ4n) is 4.07. The van der Waals surface area contributed by atoms with Crippen LogP contribution in [0.2, 0.25) is 0 Å². The van der Waals surface area contributed by atoms with E-state index in [-0.39, 0.29) is 0 Å². The molecule has 0 unspecified atom stereocenters. The molecule has 4 heteroatoms. The highest BCUT2D eigenvalue weighted by Crippen LogP contribution is 2.27. The van der Waals surface area contributed by atoms with Crippen molar-refractivity contribution in [2.75, 3.05) is 0 Å². The second-order valence-electron chi connectivity index (χ2n) is 7.96. The Bertz CT molecular complexity index is 675. The van der Waals surface area contributed by atoms with Crippen molar-refractivity contribution in [2.24, 2.45) is 5.73 Å². The lowest BCUT2D eigenvalue weighted by Gasteiger charge is -2.14. The normalized spacial score (nSPS) is 11.6. The Morgan fingerprint density at radius 1 is 0.852 bits per heavy atom. The van der Waals surface area contributed by atoms with Crippen LogP contribution in [-0.2, 0) is 19.5 Å². The van der Waals surface area contributed by atoms with Crippen LogP contribution in [0.25, 0.3) is 11.0 Å². The highest BCUT2D eigenvalue weighted by molar-refractivity contribution is 5.80. The topological polar surface area (TPSA) is 56.7 Å². The van der Waals surface area contributed by atoms with Crippen LogP contribution in [0.15, 0.2) is 6.07 Å². The third-order valence-electron chi connectivity index (χ3n) is 5.78. The monoisotopic (exact) mass is 372 g/mol. The zero-order chi connectivity index (χ0) is 19.5. The van der Waals surface area contributed by atoms with Gasteiger partial charge in [-0.1, -0.05) is 76.8 Å². The van der Waals surface area contributed by atoms with Crippen molar-refractivity contribution in [2.45, 2.75) is 111 Å². The van der Waals surface area contributed by atoms with Gasteiger partial charge in [-0.05, 0) is 55.4 Å². The largest absolute Gasteiger partial charge is 0.312 e. The minimum absolute atomic E-state index is 0.391. The fraction of sp³-hybridized carbons (Fsp3) is 0.739. The number of nitrogens with two attached hydrogens (primary N) is 1. The van der Waals surface area contributed by atoms with E-state index in [0.29, 0.717) is 6.67 Å². The molecule has 0 spiro atoms. The molecule has 0 saturated carbocycles. The first kappa shape index (κ1) is 21.9. The lowest BCUT2D eigenvalue weighted by atomic mass is 9.92. The lowest BCUT2D eigenvalue weighted by molar-refractivity contribution is 0.574. The molecular weight excluding hydrogens is 332 g/mol. The molecule has 0 bridgehead atoms. The first-order chi connectivity index (χ1) is 13.2. The number of unbranched alkanes of at least 4 members (excludes halogenated alkanes) is 9. The summed E-state index contributed by atoms with van der Waals surface area (Å²) in [6.07, 6.45) is 17.1. The predicted octanol–water partition coefficient (Wildman–Crippen LogP) is 6.07. The highest BCUT2D eigenvalue weighted by Gasteiger charge is 2.14. The third-order valence-corrected chi connectivity index (χ3v) is 5.78. The zero-order valence-corrected chi connectivity index (χ0v) is 17.9. The van der Waals surface area contributed by atoms with Gasteiger partial charge in [-0.3, -0.25) is 0 Å². The summed E-state index contributed by atoms with van der Waals surface area (Å²) < 4.78 is 1.83. The van der Waals surface area contributed by atoms with Gasteiger partial charge in [-0.15, -0.1) is 5.10 Å². The Morgan fingerprint density at radius 2 is 1.44 bits per heavy atom. The van der Waals surface area contributed by atoms with Crippen molar-refractivity contribution >= 4 is 11.0 Å². The zero-order valence-electron chi connectivity index (χ0n) is 17.9. The summed E-state index contributed by atoms with van der Waals surface area (Å²) >= 11 is 0. The molecule has 0 amide bonds. The number of hydrogen-bond donors (Lipinski definition) is 1. The molecule has 2 N–H and O–H groups in total. The van der Waals surface area contributed by atoms with Gasteiger partial charge in [0, 0.05) is 0 Å². The van der Waals surface area contributed by atoms with Gasteiger partial charge in [-0.2, -0.15) is 0 Å². The number of benzene rings is 1. The molecule has 152 valence electrons. The van der Waals surface area contributed by atoms with Crippen molar-refractivity contribution in [3.63, 3.8) is 0 Å². The molecule has 2 rings (SSSR count). The van der Waals surface area contributed by atoms with Crippen LogP contribution in [0, 0.1) is 6.92 Å². The smallest absolute Gasteiger partial charge is 0.116 e. The summed E-state index contributed by atoms with van der Waals surface area (Å²) in [5, 5.41) is 8.64. The maximum atomic E-state index is 5.85. The molecule has 1 aromatic carbocycles. The van der Waals surface area contributed by atoms with Crippen molar-refractivity contribution in [3.05, 3.63) is 22.8 Å². The number of nitrogens with zero attached hydrogens (tertiary/aromatic N) is 3. The highest BCUT2D eigenvalue weighted by atomic mass is 15.4. The van der Waals surface area contributed by atoms with E-state index in [9.17, 15) is 0 Å². The van der Waals surface area contributed by atoms with Gasteiger partial charge < -0.3 is 5.73 Å². The van der Waals surface area contributed by atoms with Gasteiger partial charge in [0.05, 0.1) is 12.2 Å². The summed E-state index contributed by atoms with van der Waals surface area (Å²) in [5.74, 6) is 0. The van der Waals surface area contributed by atoms with E-state index in [1.807, 2.05) is 4.68 Å². The molecule has 0 radical (unpaired) electrons. The van der Waals surface area contributed by atoms with Crippen molar-refractivity contribution in [3.8, 4) is 0 Å². The van der Waals surface area contributed by atoms with Crippen LogP contribution < -0.4 is 5.73 Å². The predicted molar refractivity (Wildman–Crippen MR) is 116 cm³/mol. The fourth-order valence-corrected chi connectivity index (χ4v) is 4.07. The van der Waals surface area contributed by atoms with E-state index in [4.69, 9.17) is 5.73 Å². The molecule has 4 nitrogen and oxygen atoms in total. The first-order valence-electron chi connectivity index (χ1n) is 11.3. The lowest BCUT2D eigenvalue weighted by Crippen LogP contribution is -2.09. The van der Waals surface area contributed by atoms with E-state index >= 15 is 0 Å². The van der Waals surface area contributed by atoms with E-state index in [2.05, 4.69) is 37.1 Å². The van der Waals surface area contributed by atoms with Gasteiger partial charge in [0.25, 0.3) is 0 Å². The molecular formula is C23H40N4. The third kappa shape index (κ3) is 6.31. The summed E-state index contributed by atoms with van der Waals surface area (Å²) in [5.41, 5.74) is 12.3. The number of hydrogen-bond acceptors (Lipinski definition) is 3. The SMILES string of the molecule is CCCCCCCCCCc1cc2c(nnn2CN)c(C)c1CCCCC. The molecule has 0 fully saturated rings. The minimum Gasteiger partial charge on any atom is -0.312 e. The molecule has 1 heterocycles.